The number of nitrogens with zero attached hydrogens (tertiary/aromatic N) is 1. The van der Waals surface area contributed by atoms with E-state index in [2.05, 4.69) is 20.4 Å². The third kappa shape index (κ3) is 4.59. The summed E-state index contributed by atoms with van der Waals surface area (Å²) in [5.74, 6) is 0.653. The van der Waals surface area contributed by atoms with Gasteiger partial charge in [-0.3, -0.25) is 4.79 Å². The van der Waals surface area contributed by atoms with Crippen molar-refractivity contribution in [2.75, 3.05) is 13.6 Å². The van der Waals surface area contributed by atoms with E-state index >= 15 is 0 Å². The fraction of sp³-hybridized carbons (Fsp3) is 0.667. The molecule has 0 spiro atoms. The molecule has 0 saturated carbocycles. The van der Waals surface area contributed by atoms with Crippen molar-refractivity contribution < 1.29 is 4.79 Å². The number of carbonyl (C=O) groups is 1. The molecule has 2 nitrogen and oxygen atoms in total. The first-order chi connectivity index (χ1) is 5.07. The minimum absolute atomic E-state index is 0.00523. The predicted octanol–water partition coefficient (Wildman–Crippen LogP) is 1.68. The molecule has 0 N–H and O–H groups in total. The van der Waals surface area contributed by atoms with E-state index in [0.717, 1.165) is 13.0 Å². The Hall–Kier alpha value is -0.790. The average Bonchev–Trinajstić information content (AvgIpc) is 1.98. The van der Waals surface area contributed by atoms with Crippen LogP contribution in [0.25, 0.3) is 0 Å². The minimum Gasteiger partial charge on any atom is -0.342 e. The van der Waals surface area contributed by atoms with Crippen LogP contribution in [-0.4, -0.2) is 24.4 Å². The molecule has 0 rings (SSSR count). The Morgan fingerprint density at radius 3 is 2.55 bits per heavy atom. The van der Waals surface area contributed by atoms with Gasteiger partial charge in [-0.15, -0.1) is 0 Å². The lowest BCUT2D eigenvalue weighted by Gasteiger charge is -2.15. The van der Waals surface area contributed by atoms with E-state index in [9.17, 15) is 4.79 Å². The van der Waals surface area contributed by atoms with E-state index in [-0.39, 0.29) is 5.91 Å². The van der Waals surface area contributed by atoms with Crippen LogP contribution in [0.3, 0.4) is 0 Å². The molecule has 1 amide bonds. The van der Waals surface area contributed by atoms with Crippen LogP contribution in [0.1, 0.15) is 20.3 Å². The van der Waals surface area contributed by atoms with Crippen molar-refractivity contribution in [2.24, 2.45) is 5.92 Å². The summed E-state index contributed by atoms with van der Waals surface area (Å²) in [6.45, 7) is 8.53. The predicted molar refractivity (Wildman–Crippen MR) is 47.3 cm³/mol. The van der Waals surface area contributed by atoms with E-state index in [1.165, 1.54) is 6.08 Å². The fourth-order valence-electron chi connectivity index (χ4n) is 0.718. The maximum absolute atomic E-state index is 10.9. The molecular weight excluding hydrogens is 138 g/mol. The fourth-order valence-corrected chi connectivity index (χ4v) is 0.718. The van der Waals surface area contributed by atoms with E-state index < -0.39 is 0 Å². The molecule has 0 fully saturated rings. The Labute approximate surface area is 68.9 Å². The van der Waals surface area contributed by atoms with Gasteiger partial charge in [0.1, 0.15) is 0 Å². The van der Waals surface area contributed by atoms with Gasteiger partial charge in [0.25, 0.3) is 0 Å². The van der Waals surface area contributed by atoms with Crippen molar-refractivity contribution in [3.8, 4) is 0 Å². The Bertz CT molecular complexity index is 140. The van der Waals surface area contributed by atoms with Gasteiger partial charge in [0.2, 0.25) is 5.91 Å². The second-order valence-corrected chi connectivity index (χ2v) is 3.15. The molecule has 0 aromatic carbocycles. The molecule has 0 atom stereocenters. The highest BCUT2D eigenvalue weighted by Crippen LogP contribution is 2.00. The standard InChI is InChI=1S/C9H17NO/c1-5-9(11)10(4)7-6-8(2)3/h5,8H,1,6-7H2,2-4H3. The lowest BCUT2D eigenvalue weighted by atomic mass is 10.1. The van der Waals surface area contributed by atoms with Crippen LogP contribution in [0.2, 0.25) is 0 Å². The monoisotopic (exact) mass is 155 g/mol. The molecule has 0 aliphatic heterocycles. The van der Waals surface area contributed by atoms with Crippen molar-refractivity contribution in [1.82, 2.24) is 4.90 Å². The van der Waals surface area contributed by atoms with Crippen LogP contribution in [0.15, 0.2) is 12.7 Å². The van der Waals surface area contributed by atoms with Crippen molar-refractivity contribution in [3.63, 3.8) is 0 Å². The Morgan fingerprint density at radius 1 is 1.64 bits per heavy atom. The summed E-state index contributed by atoms with van der Waals surface area (Å²) in [6.07, 6.45) is 2.40. The second kappa shape index (κ2) is 4.94. The molecule has 0 aromatic rings. The summed E-state index contributed by atoms with van der Waals surface area (Å²) in [6, 6.07) is 0. The normalized spacial score (nSPS) is 9.82. The Kier molecular flexibility index (Phi) is 4.59. The van der Waals surface area contributed by atoms with E-state index in [1.807, 2.05) is 0 Å². The number of carbonyl (C=O) groups excluding carboxylic acids is 1. The largest absolute Gasteiger partial charge is 0.342 e. The van der Waals surface area contributed by atoms with Gasteiger partial charge < -0.3 is 4.90 Å². The van der Waals surface area contributed by atoms with Crippen molar-refractivity contribution >= 4 is 5.91 Å². The molecular formula is C9H17NO. The molecule has 2 heteroatoms. The lowest BCUT2D eigenvalue weighted by Crippen LogP contribution is -2.26. The number of hydrogen-bond donors (Lipinski definition) is 0. The molecule has 0 bridgehead atoms. The van der Waals surface area contributed by atoms with Crippen molar-refractivity contribution in [3.05, 3.63) is 12.7 Å². The molecule has 11 heavy (non-hydrogen) atoms. The molecule has 64 valence electrons. The zero-order valence-electron chi connectivity index (χ0n) is 7.63. The van der Waals surface area contributed by atoms with Crippen LogP contribution in [-0.2, 0) is 4.79 Å². The van der Waals surface area contributed by atoms with Crippen LogP contribution in [0.5, 0.6) is 0 Å². The second-order valence-electron chi connectivity index (χ2n) is 3.15. The van der Waals surface area contributed by atoms with Gasteiger partial charge in [-0.05, 0) is 18.4 Å². The molecule has 0 heterocycles. The molecule has 0 radical (unpaired) electrons. The molecule has 0 saturated heterocycles. The van der Waals surface area contributed by atoms with E-state index in [1.54, 1.807) is 11.9 Å². The molecule has 0 aliphatic rings. The van der Waals surface area contributed by atoms with Crippen molar-refractivity contribution in [2.45, 2.75) is 20.3 Å². The van der Waals surface area contributed by atoms with Gasteiger partial charge in [0.05, 0.1) is 0 Å². The van der Waals surface area contributed by atoms with Gasteiger partial charge in [0, 0.05) is 13.6 Å². The molecule has 0 aliphatic carbocycles. The summed E-state index contributed by atoms with van der Waals surface area (Å²) in [4.78, 5) is 12.6. The summed E-state index contributed by atoms with van der Waals surface area (Å²) in [5.41, 5.74) is 0. The Balaban J connectivity index is 3.60. The first kappa shape index (κ1) is 10.2. The summed E-state index contributed by atoms with van der Waals surface area (Å²) in [5, 5.41) is 0. The van der Waals surface area contributed by atoms with Gasteiger partial charge in [-0.1, -0.05) is 20.4 Å². The van der Waals surface area contributed by atoms with Gasteiger partial charge in [0.15, 0.2) is 0 Å². The quantitative estimate of drug-likeness (QED) is 0.566. The number of rotatable bonds is 4. The van der Waals surface area contributed by atoms with Crippen molar-refractivity contribution in [1.29, 1.82) is 0 Å². The lowest BCUT2D eigenvalue weighted by molar-refractivity contribution is -0.124. The third-order valence-corrected chi connectivity index (χ3v) is 1.59. The van der Waals surface area contributed by atoms with Gasteiger partial charge in [-0.25, -0.2) is 0 Å². The summed E-state index contributed by atoms with van der Waals surface area (Å²) >= 11 is 0. The van der Waals surface area contributed by atoms with E-state index in [0.29, 0.717) is 5.92 Å². The van der Waals surface area contributed by atoms with Crippen LogP contribution in [0.4, 0.5) is 0 Å². The topological polar surface area (TPSA) is 20.3 Å². The number of amides is 1. The maximum atomic E-state index is 10.9. The minimum atomic E-state index is 0.00523. The van der Waals surface area contributed by atoms with Crippen LogP contribution < -0.4 is 0 Å². The number of hydrogen-bond acceptors (Lipinski definition) is 1. The SMILES string of the molecule is C=CC(=O)N(C)CCC(C)C. The van der Waals surface area contributed by atoms with Crippen LogP contribution in [0, 0.1) is 5.92 Å². The molecule has 0 unspecified atom stereocenters. The average molecular weight is 155 g/mol. The Morgan fingerprint density at radius 2 is 2.18 bits per heavy atom. The third-order valence-electron chi connectivity index (χ3n) is 1.59. The maximum Gasteiger partial charge on any atom is 0.245 e. The smallest absolute Gasteiger partial charge is 0.245 e. The highest BCUT2D eigenvalue weighted by atomic mass is 16.2. The van der Waals surface area contributed by atoms with Crippen LogP contribution >= 0.6 is 0 Å². The van der Waals surface area contributed by atoms with Gasteiger partial charge >= 0.3 is 0 Å². The summed E-state index contributed by atoms with van der Waals surface area (Å²) < 4.78 is 0. The first-order valence-electron chi connectivity index (χ1n) is 3.95. The highest BCUT2D eigenvalue weighted by molar-refractivity contribution is 5.86. The number of likely N-dealkylation sites (N-methyl/N-ethyl adjacent to an activating group) is 1. The molecule has 0 aromatic heterocycles. The first-order valence-corrected chi connectivity index (χ1v) is 3.95. The zero-order valence-corrected chi connectivity index (χ0v) is 7.63. The highest BCUT2D eigenvalue weighted by Gasteiger charge is 2.03. The summed E-state index contributed by atoms with van der Waals surface area (Å²) in [7, 11) is 1.80. The van der Waals surface area contributed by atoms with Gasteiger partial charge in [-0.2, -0.15) is 0 Å². The zero-order chi connectivity index (χ0) is 8.85. The van der Waals surface area contributed by atoms with E-state index in [4.69, 9.17) is 0 Å².